The molecule has 0 aromatic heterocycles. The summed E-state index contributed by atoms with van der Waals surface area (Å²) < 4.78 is 0. The molecule has 0 bridgehead atoms. The van der Waals surface area contributed by atoms with E-state index in [9.17, 15) is 0 Å². The van der Waals surface area contributed by atoms with E-state index in [1.807, 2.05) is 0 Å². The van der Waals surface area contributed by atoms with Gasteiger partial charge >= 0.3 is 0 Å². The lowest BCUT2D eigenvalue weighted by Crippen LogP contribution is -2.30. The maximum atomic E-state index is 8.17. The van der Waals surface area contributed by atoms with Gasteiger partial charge in [0.05, 0.1) is 0 Å². The number of hydrogen-bond donors (Lipinski definition) is 0. The Labute approximate surface area is 78.5 Å². The van der Waals surface area contributed by atoms with E-state index in [2.05, 4.69) is 14.9 Å². The maximum absolute atomic E-state index is 8.17. The Morgan fingerprint density at radius 2 is 2.08 bits per heavy atom. The topological polar surface area (TPSA) is 52.0 Å². The molecule has 4 nitrogen and oxygen atoms in total. The van der Waals surface area contributed by atoms with Gasteiger partial charge in [0.15, 0.2) is 0 Å². The Hall–Kier alpha value is -0.730. The van der Waals surface area contributed by atoms with E-state index >= 15 is 0 Å². The van der Waals surface area contributed by atoms with Gasteiger partial charge in [-0.3, -0.25) is 4.90 Å². The first-order valence-electron chi connectivity index (χ1n) is 5.15. The predicted molar refractivity (Wildman–Crippen MR) is 51.3 cm³/mol. The molecular formula is C9H16N4. The Balaban J connectivity index is 1.71. The van der Waals surface area contributed by atoms with Crippen molar-refractivity contribution in [3.63, 3.8) is 0 Å². The average Bonchev–Trinajstić information content (AvgIpc) is 2.98. The van der Waals surface area contributed by atoms with E-state index in [1.54, 1.807) is 0 Å². The van der Waals surface area contributed by atoms with Crippen molar-refractivity contribution < 1.29 is 0 Å². The maximum Gasteiger partial charge on any atom is 0.0385 e. The quantitative estimate of drug-likeness (QED) is 0.351. The van der Waals surface area contributed by atoms with Crippen LogP contribution in [0.3, 0.4) is 0 Å². The summed E-state index contributed by atoms with van der Waals surface area (Å²) in [7, 11) is 0. The fourth-order valence-corrected chi connectivity index (χ4v) is 1.71. The molecule has 2 aliphatic carbocycles. The lowest BCUT2D eigenvalue weighted by atomic mass is 10.3. The van der Waals surface area contributed by atoms with Crippen LogP contribution in [-0.4, -0.2) is 30.6 Å². The summed E-state index contributed by atoms with van der Waals surface area (Å²) in [6, 6.07) is 0.814. The summed E-state index contributed by atoms with van der Waals surface area (Å²) in [5, 5.41) is 3.59. The molecule has 0 spiro atoms. The predicted octanol–water partition coefficient (Wildman–Crippen LogP) is 2.17. The summed E-state index contributed by atoms with van der Waals surface area (Å²) in [4.78, 5) is 5.29. The molecule has 72 valence electrons. The summed E-state index contributed by atoms with van der Waals surface area (Å²) >= 11 is 0. The van der Waals surface area contributed by atoms with Crippen molar-refractivity contribution in [3.8, 4) is 0 Å². The lowest BCUT2D eigenvalue weighted by molar-refractivity contribution is 0.260. The van der Waals surface area contributed by atoms with Gasteiger partial charge in [0.2, 0.25) is 0 Å². The number of rotatable bonds is 6. The van der Waals surface area contributed by atoms with Crippen LogP contribution in [0.25, 0.3) is 10.4 Å². The molecule has 0 radical (unpaired) electrons. The van der Waals surface area contributed by atoms with Crippen LogP contribution < -0.4 is 0 Å². The van der Waals surface area contributed by atoms with Gasteiger partial charge in [-0.2, -0.15) is 0 Å². The first-order valence-corrected chi connectivity index (χ1v) is 5.15. The van der Waals surface area contributed by atoms with Crippen LogP contribution >= 0.6 is 0 Å². The molecule has 2 aliphatic rings. The van der Waals surface area contributed by atoms with Crippen LogP contribution in [0.2, 0.25) is 0 Å². The Kier molecular flexibility index (Phi) is 2.71. The van der Waals surface area contributed by atoms with Crippen molar-refractivity contribution in [3.05, 3.63) is 10.4 Å². The molecule has 2 fully saturated rings. The van der Waals surface area contributed by atoms with Gasteiger partial charge in [0, 0.05) is 30.6 Å². The molecule has 0 saturated heterocycles. The van der Waals surface area contributed by atoms with Gasteiger partial charge in [-0.05, 0) is 37.1 Å². The molecule has 2 saturated carbocycles. The standard InChI is InChI=1S/C9H16N4/c10-12-11-5-6-13(9-3-4-9)7-8-1-2-8/h8-9H,1-7H2. The minimum Gasteiger partial charge on any atom is -0.300 e. The fraction of sp³-hybridized carbons (Fsp3) is 1.00. The zero-order valence-electron chi connectivity index (χ0n) is 7.89. The number of azide groups is 1. The number of nitrogens with zero attached hydrogens (tertiary/aromatic N) is 4. The van der Waals surface area contributed by atoms with Crippen LogP contribution in [-0.2, 0) is 0 Å². The second-order valence-corrected chi connectivity index (χ2v) is 4.12. The molecule has 0 heterocycles. The normalized spacial score (nSPS) is 21.6. The number of hydrogen-bond acceptors (Lipinski definition) is 2. The van der Waals surface area contributed by atoms with Crippen molar-refractivity contribution in [2.75, 3.05) is 19.6 Å². The highest BCUT2D eigenvalue weighted by Crippen LogP contribution is 2.34. The highest BCUT2D eigenvalue weighted by molar-refractivity contribution is 4.88. The molecule has 0 amide bonds. The smallest absolute Gasteiger partial charge is 0.0385 e. The SMILES string of the molecule is [N-]=[N+]=NCCN(CC1CC1)C1CC1. The molecule has 0 unspecified atom stereocenters. The Morgan fingerprint density at radius 3 is 2.62 bits per heavy atom. The third kappa shape index (κ3) is 2.90. The van der Waals surface area contributed by atoms with E-state index in [0.717, 1.165) is 18.5 Å². The Bertz CT molecular complexity index is 214. The Morgan fingerprint density at radius 1 is 1.31 bits per heavy atom. The first kappa shape index (κ1) is 8.85. The average molecular weight is 180 g/mol. The molecule has 0 aliphatic heterocycles. The molecule has 2 rings (SSSR count). The molecule has 0 aromatic rings. The van der Waals surface area contributed by atoms with Gasteiger partial charge in [-0.25, -0.2) is 0 Å². The van der Waals surface area contributed by atoms with Gasteiger partial charge < -0.3 is 0 Å². The van der Waals surface area contributed by atoms with E-state index < -0.39 is 0 Å². The highest BCUT2D eigenvalue weighted by Gasteiger charge is 2.32. The van der Waals surface area contributed by atoms with E-state index in [-0.39, 0.29) is 0 Å². The summed E-state index contributed by atoms with van der Waals surface area (Å²) in [6.07, 6.45) is 5.52. The fourth-order valence-electron chi connectivity index (χ4n) is 1.71. The second kappa shape index (κ2) is 3.99. The molecule has 0 atom stereocenters. The van der Waals surface area contributed by atoms with Gasteiger partial charge in [0.25, 0.3) is 0 Å². The van der Waals surface area contributed by atoms with Crippen molar-refractivity contribution in [2.45, 2.75) is 31.7 Å². The minimum atomic E-state index is 0.639. The monoisotopic (exact) mass is 180 g/mol. The summed E-state index contributed by atoms with van der Waals surface area (Å²) in [5.41, 5.74) is 8.17. The highest BCUT2D eigenvalue weighted by atomic mass is 15.2. The molecule has 0 N–H and O–H groups in total. The van der Waals surface area contributed by atoms with Crippen molar-refractivity contribution in [2.24, 2.45) is 11.0 Å². The van der Waals surface area contributed by atoms with Gasteiger partial charge in [0.1, 0.15) is 0 Å². The van der Waals surface area contributed by atoms with Crippen molar-refractivity contribution >= 4 is 0 Å². The summed E-state index contributed by atoms with van der Waals surface area (Å²) in [5.74, 6) is 0.951. The van der Waals surface area contributed by atoms with E-state index in [4.69, 9.17) is 5.53 Å². The summed E-state index contributed by atoms with van der Waals surface area (Å²) in [6.45, 7) is 2.84. The van der Waals surface area contributed by atoms with Crippen LogP contribution in [0.5, 0.6) is 0 Å². The van der Waals surface area contributed by atoms with Gasteiger partial charge in [-0.1, -0.05) is 5.11 Å². The van der Waals surface area contributed by atoms with Crippen molar-refractivity contribution in [1.29, 1.82) is 0 Å². The molecule has 13 heavy (non-hydrogen) atoms. The lowest BCUT2D eigenvalue weighted by Gasteiger charge is -2.20. The van der Waals surface area contributed by atoms with Crippen LogP contribution in [0.15, 0.2) is 5.11 Å². The zero-order valence-corrected chi connectivity index (χ0v) is 7.89. The molecule has 4 heteroatoms. The molecule has 0 aromatic carbocycles. The van der Waals surface area contributed by atoms with Gasteiger partial charge in [-0.15, -0.1) is 0 Å². The largest absolute Gasteiger partial charge is 0.300 e. The first-order chi connectivity index (χ1) is 6.40. The third-order valence-electron chi connectivity index (χ3n) is 2.80. The zero-order chi connectivity index (χ0) is 9.10. The van der Waals surface area contributed by atoms with Crippen molar-refractivity contribution in [1.82, 2.24) is 4.90 Å². The van der Waals surface area contributed by atoms with Crippen LogP contribution in [0.4, 0.5) is 0 Å². The molecular weight excluding hydrogens is 164 g/mol. The van der Waals surface area contributed by atoms with E-state index in [1.165, 1.54) is 32.2 Å². The minimum absolute atomic E-state index is 0.639. The van der Waals surface area contributed by atoms with Crippen LogP contribution in [0, 0.1) is 5.92 Å². The second-order valence-electron chi connectivity index (χ2n) is 4.12. The third-order valence-corrected chi connectivity index (χ3v) is 2.80. The van der Waals surface area contributed by atoms with E-state index in [0.29, 0.717) is 6.54 Å². The van der Waals surface area contributed by atoms with Crippen LogP contribution in [0.1, 0.15) is 25.7 Å².